The zero-order valence-corrected chi connectivity index (χ0v) is 11.0. The molecule has 0 N–H and O–H groups in total. The number of aromatic nitrogens is 2. The van der Waals surface area contributed by atoms with Gasteiger partial charge >= 0.3 is 6.18 Å². The van der Waals surface area contributed by atoms with Gasteiger partial charge in [-0.3, -0.25) is 0 Å². The van der Waals surface area contributed by atoms with E-state index in [1.54, 1.807) is 24.3 Å². The Labute approximate surface area is 113 Å². The largest absolute Gasteiger partial charge is 0.434 e. The quantitative estimate of drug-likeness (QED) is 0.736. The summed E-state index contributed by atoms with van der Waals surface area (Å²) in [5, 5.41) is 0. The van der Waals surface area contributed by atoms with Crippen LogP contribution in [0.1, 0.15) is 5.69 Å². The monoisotopic (exact) mass is 340 g/mol. The lowest BCUT2D eigenvalue weighted by molar-refractivity contribution is -0.140. The number of rotatable bonds is 2. The van der Waals surface area contributed by atoms with Gasteiger partial charge in [0.15, 0.2) is 23.9 Å². The number of alkyl halides is 3. The molecule has 0 spiro atoms. The molecule has 0 saturated heterocycles. The fraction of sp³-hybridized carbons (Fsp3) is 0.100. The number of halogens is 5. The fourth-order valence-corrected chi connectivity index (χ4v) is 1.96. The first-order valence-corrected chi connectivity index (χ1v) is 6.10. The van der Waals surface area contributed by atoms with E-state index < -0.39 is 11.9 Å². The van der Waals surface area contributed by atoms with Crippen molar-refractivity contribution in [3.63, 3.8) is 0 Å². The minimum atomic E-state index is -4.59. The molecule has 18 heavy (non-hydrogen) atoms. The lowest BCUT2D eigenvalue weighted by atomic mass is 10.2. The highest BCUT2D eigenvalue weighted by molar-refractivity contribution is 9.10. The zero-order chi connectivity index (χ0) is 13.3. The maximum atomic E-state index is 12.6. The molecule has 2 aromatic rings. The molecule has 2 rings (SSSR count). The molecule has 0 atom stereocenters. The molecule has 1 aromatic carbocycles. The first-order chi connectivity index (χ1) is 8.41. The number of imidazole rings is 1. The van der Waals surface area contributed by atoms with Gasteiger partial charge in [0, 0.05) is 10.0 Å². The summed E-state index contributed by atoms with van der Waals surface area (Å²) in [6, 6.07) is 6.40. The predicted octanol–water partition coefficient (Wildman–Crippen LogP) is 4.71. The van der Waals surface area contributed by atoms with Crippen LogP contribution in [0.15, 0.2) is 34.9 Å². The summed E-state index contributed by atoms with van der Waals surface area (Å²) >= 11 is 2.88. The van der Waals surface area contributed by atoms with Gasteiger partial charge < -0.3 is 0 Å². The Morgan fingerprint density at radius 2 is 1.78 bits per heavy atom. The van der Waals surface area contributed by atoms with Gasteiger partial charge in [-0.1, -0.05) is 28.1 Å². The van der Waals surface area contributed by atoms with E-state index in [9.17, 15) is 17.1 Å². The minimum absolute atomic E-state index is 0.0812. The maximum Gasteiger partial charge on any atom is 0.434 e. The van der Waals surface area contributed by atoms with E-state index in [2.05, 4.69) is 20.9 Å². The maximum absolute atomic E-state index is 12.6. The molecule has 0 aliphatic heterocycles. The summed E-state index contributed by atoms with van der Waals surface area (Å²) in [5.74, 6) is -0.0812. The lowest BCUT2D eigenvalue weighted by Gasteiger charge is -2.01. The van der Waals surface area contributed by atoms with E-state index in [1.165, 1.54) is 0 Å². The summed E-state index contributed by atoms with van der Waals surface area (Å²) in [5.41, 5.74) is -0.718. The van der Waals surface area contributed by atoms with Gasteiger partial charge in [-0.25, -0.2) is 8.96 Å². The lowest BCUT2D eigenvalue weighted by Crippen LogP contribution is -2.04. The first kappa shape index (κ1) is 13.4. The molecule has 0 radical (unpaired) electrons. The predicted molar refractivity (Wildman–Crippen MR) is 64.5 cm³/mol. The summed E-state index contributed by atoms with van der Waals surface area (Å²) in [4.78, 5) is 3.41. The zero-order valence-electron chi connectivity index (χ0n) is 8.58. The highest BCUT2D eigenvalue weighted by Crippen LogP contribution is 2.33. The topological polar surface area (TPSA) is 17.8 Å². The number of hydrogen-bond acceptors (Lipinski definition) is 2. The Balaban J connectivity index is 2.50. The molecule has 0 fully saturated rings. The van der Waals surface area contributed by atoms with Crippen LogP contribution in [0, 0.1) is 0 Å². The van der Waals surface area contributed by atoms with Crippen LogP contribution < -0.4 is 0 Å². The smallest absolute Gasteiger partial charge is 0.245 e. The van der Waals surface area contributed by atoms with Gasteiger partial charge in [-0.05, 0) is 12.1 Å². The van der Waals surface area contributed by atoms with E-state index in [1.807, 2.05) is 0 Å². The van der Waals surface area contributed by atoms with Crippen molar-refractivity contribution >= 4 is 28.3 Å². The number of benzene rings is 1. The molecule has 0 saturated carbocycles. The summed E-state index contributed by atoms with van der Waals surface area (Å²) in [6.07, 6.45) is -3.97. The van der Waals surface area contributed by atoms with E-state index in [4.69, 9.17) is 0 Å². The molecule has 0 amide bonds. The highest BCUT2D eigenvalue weighted by Gasteiger charge is 2.35. The van der Waals surface area contributed by atoms with Crippen molar-refractivity contribution in [2.24, 2.45) is 0 Å². The third-order valence-electron chi connectivity index (χ3n) is 2.14. The van der Waals surface area contributed by atoms with Crippen LogP contribution in [0.3, 0.4) is 0 Å². The molecule has 0 aliphatic carbocycles. The molecule has 1 heterocycles. The average molecular weight is 341 g/mol. The second-order valence-electron chi connectivity index (χ2n) is 3.35. The first-order valence-electron chi connectivity index (χ1n) is 4.63. The van der Waals surface area contributed by atoms with E-state index in [0.29, 0.717) is 11.8 Å². The van der Waals surface area contributed by atoms with Crippen molar-refractivity contribution in [2.75, 3.05) is 0 Å². The van der Waals surface area contributed by atoms with Crippen molar-refractivity contribution in [3.8, 4) is 11.4 Å². The van der Waals surface area contributed by atoms with Crippen LogP contribution in [-0.4, -0.2) is 8.96 Å². The summed E-state index contributed by atoms with van der Waals surface area (Å²) in [7, 11) is 0. The van der Waals surface area contributed by atoms with Crippen molar-refractivity contribution < 1.29 is 17.1 Å². The van der Waals surface area contributed by atoms with Crippen molar-refractivity contribution in [1.29, 1.82) is 0 Å². The van der Waals surface area contributed by atoms with Gasteiger partial charge in [0.2, 0.25) is 0 Å². The second-order valence-corrected chi connectivity index (χ2v) is 4.80. The van der Waals surface area contributed by atoms with Crippen LogP contribution in [0.5, 0.6) is 0 Å². The SMILES string of the molecule is FSn1cc(C(F)(F)F)nc1-c1ccc(Br)cc1. The number of hydrogen-bond donors (Lipinski definition) is 0. The van der Waals surface area contributed by atoms with Gasteiger partial charge in [0.25, 0.3) is 0 Å². The standard InChI is InChI=1S/C10H5BrF4N2S/c11-7-3-1-6(2-4-7)9-16-8(10(12,13)14)5-17(9)18-15/h1-5H. The Bertz CT molecular complexity index is 550. The van der Waals surface area contributed by atoms with Crippen LogP contribution in [0.25, 0.3) is 11.4 Å². The molecule has 0 unspecified atom stereocenters. The third-order valence-corrected chi connectivity index (χ3v) is 3.10. The van der Waals surface area contributed by atoms with E-state index >= 15 is 0 Å². The Hall–Kier alpha value is -1.02. The van der Waals surface area contributed by atoms with Gasteiger partial charge in [-0.15, -0.1) is 3.89 Å². The Morgan fingerprint density at radius 3 is 2.28 bits per heavy atom. The van der Waals surface area contributed by atoms with Crippen LogP contribution in [0.4, 0.5) is 17.1 Å². The van der Waals surface area contributed by atoms with Gasteiger partial charge in [0.05, 0.1) is 6.20 Å². The summed E-state index contributed by atoms with van der Waals surface area (Å²) in [6.45, 7) is 0. The number of nitrogens with zero attached hydrogens (tertiary/aromatic N) is 2. The average Bonchev–Trinajstić information content (AvgIpc) is 2.73. The Kier molecular flexibility index (Phi) is 3.67. The Morgan fingerprint density at radius 1 is 1.17 bits per heavy atom. The molecule has 2 nitrogen and oxygen atoms in total. The minimum Gasteiger partial charge on any atom is -0.245 e. The third kappa shape index (κ3) is 2.69. The van der Waals surface area contributed by atoms with E-state index in [-0.39, 0.29) is 18.2 Å². The van der Waals surface area contributed by atoms with Crippen LogP contribution >= 0.6 is 28.3 Å². The molecular weight excluding hydrogens is 336 g/mol. The highest BCUT2D eigenvalue weighted by atomic mass is 79.9. The molecule has 8 heteroatoms. The molecule has 1 aromatic heterocycles. The fourth-order valence-electron chi connectivity index (χ4n) is 1.34. The van der Waals surface area contributed by atoms with Crippen molar-refractivity contribution in [2.45, 2.75) is 6.18 Å². The van der Waals surface area contributed by atoms with Crippen LogP contribution in [-0.2, 0) is 6.18 Å². The summed E-state index contributed by atoms with van der Waals surface area (Å²) < 4.78 is 51.6. The van der Waals surface area contributed by atoms with Gasteiger partial charge in [-0.2, -0.15) is 13.2 Å². The molecule has 96 valence electrons. The van der Waals surface area contributed by atoms with Crippen molar-refractivity contribution in [3.05, 3.63) is 40.6 Å². The molecule has 0 aliphatic rings. The van der Waals surface area contributed by atoms with Crippen LogP contribution in [0.2, 0.25) is 0 Å². The van der Waals surface area contributed by atoms with Crippen molar-refractivity contribution in [1.82, 2.24) is 8.96 Å². The second kappa shape index (κ2) is 4.93. The van der Waals surface area contributed by atoms with E-state index in [0.717, 1.165) is 8.45 Å². The molecule has 0 bridgehead atoms. The normalized spacial score (nSPS) is 11.8. The van der Waals surface area contributed by atoms with Gasteiger partial charge in [0.1, 0.15) is 0 Å². The molecular formula is C10H5BrF4N2S.